The molecule has 5 heteroatoms. The van der Waals surface area contributed by atoms with Gasteiger partial charge >= 0.3 is 0 Å². The SMILES string of the molecule is COCCN1CCN(CCCOc2cccc(Cl)c2)CC1. The first kappa shape index (κ1) is 16.6. The summed E-state index contributed by atoms with van der Waals surface area (Å²) in [4.78, 5) is 4.97. The highest BCUT2D eigenvalue weighted by Crippen LogP contribution is 2.17. The molecule has 2 rings (SSSR count). The van der Waals surface area contributed by atoms with E-state index >= 15 is 0 Å². The largest absolute Gasteiger partial charge is 0.493 e. The molecule has 1 fully saturated rings. The molecule has 1 aliphatic heterocycles. The van der Waals surface area contributed by atoms with Crippen molar-refractivity contribution in [3.05, 3.63) is 29.3 Å². The highest BCUT2D eigenvalue weighted by Gasteiger charge is 2.15. The average Bonchev–Trinajstić information content (AvgIpc) is 2.51. The first-order chi connectivity index (χ1) is 10.3. The summed E-state index contributed by atoms with van der Waals surface area (Å²) in [5.41, 5.74) is 0. The highest BCUT2D eigenvalue weighted by atomic mass is 35.5. The Morgan fingerprint density at radius 1 is 1.05 bits per heavy atom. The molecule has 118 valence electrons. The second-order valence-corrected chi connectivity index (χ2v) is 5.77. The molecule has 21 heavy (non-hydrogen) atoms. The smallest absolute Gasteiger partial charge is 0.120 e. The third-order valence-electron chi connectivity index (χ3n) is 3.76. The number of hydrogen-bond donors (Lipinski definition) is 0. The molecule has 0 bridgehead atoms. The van der Waals surface area contributed by atoms with Crippen LogP contribution in [0.4, 0.5) is 0 Å². The van der Waals surface area contributed by atoms with Crippen molar-refractivity contribution in [2.75, 3.05) is 59.6 Å². The molecule has 0 N–H and O–H groups in total. The molecule has 0 aromatic heterocycles. The van der Waals surface area contributed by atoms with E-state index in [1.165, 1.54) is 0 Å². The summed E-state index contributed by atoms with van der Waals surface area (Å²) in [6.07, 6.45) is 1.05. The summed E-state index contributed by atoms with van der Waals surface area (Å²) in [5.74, 6) is 0.854. The Labute approximate surface area is 132 Å². The molecule has 4 nitrogen and oxygen atoms in total. The van der Waals surface area contributed by atoms with Crippen molar-refractivity contribution >= 4 is 11.6 Å². The third-order valence-corrected chi connectivity index (χ3v) is 4.00. The minimum Gasteiger partial charge on any atom is -0.493 e. The number of rotatable bonds is 8. The Balaban J connectivity index is 1.56. The summed E-state index contributed by atoms with van der Waals surface area (Å²) in [6, 6.07) is 7.57. The van der Waals surface area contributed by atoms with Crippen molar-refractivity contribution < 1.29 is 9.47 Å². The Bertz CT molecular complexity index is 409. The second-order valence-electron chi connectivity index (χ2n) is 5.34. The summed E-state index contributed by atoms with van der Waals surface area (Å²) in [5, 5.41) is 0.722. The van der Waals surface area contributed by atoms with Gasteiger partial charge in [0.05, 0.1) is 13.2 Å². The van der Waals surface area contributed by atoms with Gasteiger partial charge in [-0.25, -0.2) is 0 Å². The van der Waals surface area contributed by atoms with Crippen LogP contribution in [-0.4, -0.2) is 69.4 Å². The molecule has 0 amide bonds. The predicted octanol–water partition coefficient (Wildman–Crippen LogP) is 2.37. The number of methoxy groups -OCH3 is 1. The third kappa shape index (κ3) is 6.22. The predicted molar refractivity (Wildman–Crippen MR) is 86.3 cm³/mol. The number of ether oxygens (including phenoxy) is 2. The Hall–Kier alpha value is -0.810. The lowest BCUT2D eigenvalue weighted by atomic mass is 10.3. The lowest BCUT2D eigenvalue weighted by Gasteiger charge is -2.34. The minimum absolute atomic E-state index is 0.722. The van der Waals surface area contributed by atoms with Gasteiger partial charge < -0.3 is 14.4 Å². The van der Waals surface area contributed by atoms with Crippen molar-refractivity contribution in [1.29, 1.82) is 0 Å². The number of benzene rings is 1. The van der Waals surface area contributed by atoms with Crippen molar-refractivity contribution in [3.63, 3.8) is 0 Å². The molecule has 0 saturated carbocycles. The number of halogens is 1. The molecular weight excluding hydrogens is 288 g/mol. The van der Waals surface area contributed by atoms with E-state index in [2.05, 4.69) is 9.80 Å². The molecule has 1 saturated heterocycles. The molecule has 0 aliphatic carbocycles. The lowest BCUT2D eigenvalue weighted by Crippen LogP contribution is -2.47. The van der Waals surface area contributed by atoms with E-state index in [1.807, 2.05) is 24.3 Å². The quantitative estimate of drug-likeness (QED) is 0.688. The standard InChI is InChI=1S/C16H25ClN2O2/c1-20-13-11-19-9-7-18(8-10-19)6-3-12-21-16-5-2-4-15(17)14-16/h2,4-5,14H,3,6-13H2,1H3. The Morgan fingerprint density at radius 3 is 2.43 bits per heavy atom. The van der Waals surface area contributed by atoms with Crippen LogP contribution in [0.1, 0.15) is 6.42 Å². The van der Waals surface area contributed by atoms with E-state index in [0.717, 1.165) is 69.7 Å². The molecule has 0 spiro atoms. The van der Waals surface area contributed by atoms with Gasteiger partial charge in [-0.2, -0.15) is 0 Å². The van der Waals surface area contributed by atoms with Crippen LogP contribution in [0.3, 0.4) is 0 Å². The maximum absolute atomic E-state index is 5.93. The van der Waals surface area contributed by atoms with E-state index in [1.54, 1.807) is 7.11 Å². The normalized spacial score (nSPS) is 17.0. The first-order valence-corrected chi connectivity index (χ1v) is 7.98. The van der Waals surface area contributed by atoms with Crippen LogP contribution in [0.25, 0.3) is 0 Å². The summed E-state index contributed by atoms with van der Waals surface area (Å²) >= 11 is 5.93. The van der Waals surface area contributed by atoms with Gasteiger partial charge in [0.2, 0.25) is 0 Å². The maximum Gasteiger partial charge on any atom is 0.120 e. The zero-order chi connectivity index (χ0) is 14.9. The fourth-order valence-electron chi connectivity index (χ4n) is 2.49. The van der Waals surface area contributed by atoms with E-state index in [4.69, 9.17) is 21.1 Å². The van der Waals surface area contributed by atoms with Crippen LogP contribution in [0, 0.1) is 0 Å². The van der Waals surface area contributed by atoms with Gasteiger partial charge in [-0.15, -0.1) is 0 Å². The Morgan fingerprint density at radius 2 is 1.76 bits per heavy atom. The van der Waals surface area contributed by atoms with Crippen LogP contribution in [0.5, 0.6) is 5.75 Å². The lowest BCUT2D eigenvalue weighted by molar-refractivity contribution is 0.0942. The first-order valence-electron chi connectivity index (χ1n) is 7.60. The van der Waals surface area contributed by atoms with Crippen molar-refractivity contribution in [3.8, 4) is 5.75 Å². The van der Waals surface area contributed by atoms with Crippen LogP contribution in [0.2, 0.25) is 5.02 Å². The van der Waals surface area contributed by atoms with Crippen molar-refractivity contribution in [1.82, 2.24) is 9.80 Å². The van der Waals surface area contributed by atoms with Gasteiger partial charge in [0.15, 0.2) is 0 Å². The minimum atomic E-state index is 0.722. The van der Waals surface area contributed by atoms with E-state index in [0.29, 0.717) is 0 Å². The van der Waals surface area contributed by atoms with Crippen LogP contribution < -0.4 is 4.74 Å². The molecular formula is C16H25ClN2O2. The molecule has 0 atom stereocenters. The summed E-state index contributed by atoms with van der Waals surface area (Å²) in [6.45, 7) is 8.26. The molecule has 1 heterocycles. The summed E-state index contributed by atoms with van der Waals surface area (Å²) < 4.78 is 10.8. The van der Waals surface area contributed by atoms with E-state index in [-0.39, 0.29) is 0 Å². The van der Waals surface area contributed by atoms with Crippen molar-refractivity contribution in [2.45, 2.75) is 6.42 Å². The van der Waals surface area contributed by atoms with E-state index < -0.39 is 0 Å². The van der Waals surface area contributed by atoms with Gasteiger partial charge in [-0.3, -0.25) is 4.90 Å². The van der Waals surface area contributed by atoms with Crippen LogP contribution in [-0.2, 0) is 4.74 Å². The van der Waals surface area contributed by atoms with E-state index in [9.17, 15) is 0 Å². The zero-order valence-corrected chi connectivity index (χ0v) is 13.5. The molecule has 1 aliphatic rings. The zero-order valence-electron chi connectivity index (χ0n) is 12.8. The van der Waals surface area contributed by atoms with Gasteiger partial charge in [0.1, 0.15) is 5.75 Å². The fraction of sp³-hybridized carbons (Fsp3) is 0.625. The second kappa shape index (κ2) is 9.26. The monoisotopic (exact) mass is 312 g/mol. The highest BCUT2D eigenvalue weighted by molar-refractivity contribution is 6.30. The number of hydrogen-bond acceptors (Lipinski definition) is 4. The van der Waals surface area contributed by atoms with Crippen LogP contribution >= 0.6 is 11.6 Å². The maximum atomic E-state index is 5.93. The fourth-order valence-corrected chi connectivity index (χ4v) is 2.67. The van der Waals surface area contributed by atoms with Gasteiger partial charge in [-0.05, 0) is 24.6 Å². The molecule has 0 radical (unpaired) electrons. The summed E-state index contributed by atoms with van der Waals surface area (Å²) in [7, 11) is 1.76. The van der Waals surface area contributed by atoms with Crippen molar-refractivity contribution in [2.24, 2.45) is 0 Å². The molecule has 1 aromatic carbocycles. The molecule has 1 aromatic rings. The van der Waals surface area contributed by atoms with Gasteiger partial charge in [-0.1, -0.05) is 17.7 Å². The average molecular weight is 313 g/mol. The Kier molecular flexibility index (Phi) is 7.30. The topological polar surface area (TPSA) is 24.9 Å². The van der Waals surface area contributed by atoms with Gasteiger partial charge in [0.25, 0.3) is 0 Å². The van der Waals surface area contributed by atoms with Gasteiger partial charge in [0, 0.05) is 51.4 Å². The number of piperazine rings is 1. The number of nitrogens with zero attached hydrogens (tertiary/aromatic N) is 2. The molecule has 0 unspecified atom stereocenters. The van der Waals surface area contributed by atoms with Crippen LogP contribution in [0.15, 0.2) is 24.3 Å².